The van der Waals surface area contributed by atoms with Crippen molar-refractivity contribution in [2.45, 2.75) is 64.7 Å². The Balaban J connectivity index is 1.98. The molecule has 2 rings (SSSR count). The van der Waals surface area contributed by atoms with E-state index in [0.29, 0.717) is 12.1 Å². The molecule has 0 amide bonds. The van der Waals surface area contributed by atoms with Crippen LogP contribution in [0.2, 0.25) is 0 Å². The molecule has 1 N–H and O–H groups in total. The molecule has 21 heavy (non-hydrogen) atoms. The number of rotatable bonds is 8. The normalized spacial score (nSPS) is 19.9. The summed E-state index contributed by atoms with van der Waals surface area (Å²) in [6.07, 6.45) is 8.92. The zero-order chi connectivity index (χ0) is 15.1. The zero-order valence-electron chi connectivity index (χ0n) is 13.5. The third kappa shape index (κ3) is 5.29. The molecule has 0 bridgehead atoms. The van der Waals surface area contributed by atoms with E-state index in [1.807, 2.05) is 20.0 Å². The topological polar surface area (TPSA) is 43.4 Å². The fourth-order valence-electron chi connectivity index (χ4n) is 2.82. The molecule has 118 valence electrons. The highest BCUT2D eigenvalue weighted by Crippen LogP contribution is 2.25. The molecule has 1 fully saturated rings. The van der Waals surface area contributed by atoms with E-state index < -0.39 is 0 Å². The van der Waals surface area contributed by atoms with E-state index in [2.05, 4.69) is 23.3 Å². The minimum Gasteiger partial charge on any atom is -0.489 e. The fourth-order valence-corrected chi connectivity index (χ4v) is 2.82. The monoisotopic (exact) mass is 292 g/mol. The van der Waals surface area contributed by atoms with Gasteiger partial charge in [0.15, 0.2) is 0 Å². The summed E-state index contributed by atoms with van der Waals surface area (Å²) in [5.41, 5.74) is 1.20. The van der Waals surface area contributed by atoms with Gasteiger partial charge in [-0.1, -0.05) is 6.92 Å². The van der Waals surface area contributed by atoms with Gasteiger partial charge in [0.1, 0.15) is 5.75 Å². The van der Waals surface area contributed by atoms with Gasteiger partial charge in [-0.05, 0) is 57.7 Å². The second-order valence-corrected chi connectivity index (χ2v) is 5.94. The molecule has 2 heterocycles. The minimum atomic E-state index is 0.173. The Morgan fingerprint density at radius 3 is 2.95 bits per heavy atom. The SMILES string of the molecule is CCNC(CCC1CCCO1)c1cncc(OC(C)C)c1. The van der Waals surface area contributed by atoms with Crippen LogP contribution in [0.25, 0.3) is 0 Å². The summed E-state index contributed by atoms with van der Waals surface area (Å²) >= 11 is 0. The summed E-state index contributed by atoms with van der Waals surface area (Å²) < 4.78 is 11.5. The van der Waals surface area contributed by atoms with Crippen LogP contribution >= 0.6 is 0 Å². The summed E-state index contributed by atoms with van der Waals surface area (Å²) in [5, 5.41) is 3.55. The smallest absolute Gasteiger partial charge is 0.138 e. The predicted molar refractivity (Wildman–Crippen MR) is 84.6 cm³/mol. The third-order valence-corrected chi connectivity index (χ3v) is 3.76. The van der Waals surface area contributed by atoms with Crippen LogP contribution in [0, 0.1) is 0 Å². The quantitative estimate of drug-likeness (QED) is 0.796. The maximum Gasteiger partial charge on any atom is 0.138 e. The molecule has 1 aliphatic heterocycles. The van der Waals surface area contributed by atoms with Gasteiger partial charge in [0.05, 0.1) is 18.4 Å². The van der Waals surface area contributed by atoms with Crippen LogP contribution in [0.15, 0.2) is 18.5 Å². The summed E-state index contributed by atoms with van der Waals surface area (Å²) in [6, 6.07) is 2.43. The Bertz CT molecular complexity index is 417. The molecule has 0 spiro atoms. The number of nitrogens with zero attached hydrogens (tertiary/aromatic N) is 1. The molecule has 2 atom stereocenters. The van der Waals surface area contributed by atoms with Gasteiger partial charge in [-0.25, -0.2) is 0 Å². The van der Waals surface area contributed by atoms with Gasteiger partial charge >= 0.3 is 0 Å². The molecule has 1 aliphatic rings. The maximum absolute atomic E-state index is 5.75. The summed E-state index contributed by atoms with van der Waals surface area (Å²) in [5.74, 6) is 0.850. The fraction of sp³-hybridized carbons (Fsp3) is 0.706. The summed E-state index contributed by atoms with van der Waals surface area (Å²) in [6.45, 7) is 8.08. The number of nitrogens with one attached hydrogen (secondary N) is 1. The van der Waals surface area contributed by atoms with Gasteiger partial charge in [0, 0.05) is 18.8 Å². The van der Waals surface area contributed by atoms with Crippen molar-refractivity contribution in [2.24, 2.45) is 0 Å². The number of hydrogen-bond acceptors (Lipinski definition) is 4. The Labute approximate surface area is 128 Å². The first-order valence-electron chi connectivity index (χ1n) is 8.15. The zero-order valence-corrected chi connectivity index (χ0v) is 13.5. The number of hydrogen-bond donors (Lipinski definition) is 1. The first-order valence-corrected chi connectivity index (χ1v) is 8.15. The highest BCUT2D eigenvalue weighted by Gasteiger charge is 2.19. The van der Waals surface area contributed by atoms with E-state index in [0.717, 1.165) is 31.7 Å². The minimum absolute atomic E-state index is 0.173. The van der Waals surface area contributed by atoms with E-state index in [1.54, 1.807) is 6.20 Å². The second kappa shape index (κ2) is 8.35. The van der Waals surface area contributed by atoms with Crippen LogP contribution in [0.3, 0.4) is 0 Å². The van der Waals surface area contributed by atoms with Crippen molar-refractivity contribution in [1.82, 2.24) is 10.3 Å². The molecule has 0 aromatic carbocycles. The molecular formula is C17H28N2O2. The van der Waals surface area contributed by atoms with Crippen LogP contribution in [-0.2, 0) is 4.74 Å². The van der Waals surface area contributed by atoms with Crippen LogP contribution in [0.5, 0.6) is 5.75 Å². The average Bonchev–Trinajstić information content (AvgIpc) is 2.96. The van der Waals surface area contributed by atoms with Gasteiger partial charge in [-0.15, -0.1) is 0 Å². The van der Waals surface area contributed by atoms with Crippen LogP contribution < -0.4 is 10.1 Å². The summed E-state index contributed by atoms with van der Waals surface area (Å²) in [4.78, 5) is 4.32. The molecule has 0 saturated carbocycles. The number of aromatic nitrogens is 1. The van der Waals surface area contributed by atoms with Crippen LogP contribution in [-0.4, -0.2) is 30.3 Å². The molecule has 1 aromatic rings. The molecule has 0 radical (unpaired) electrons. The van der Waals surface area contributed by atoms with Gasteiger partial charge in [-0.2, -0.15) is 0 Å². The van der Waals surface area contributed by atoms with Crippen molar-refractivity contribution in [1.29, 1.82) is 0 Å². The van der Waals surface area contributed by atoms with Gasteiger partial charge in [0.2, 0.25) is 0 Å². The van der Waals surface area contributed by atoms with Crippen molar-refractivity contribution in [3.8, 4) is 5.75 Å². The molecule has 2 unspecified atom stereocenters. The van der Waals surface area contributed by atoms with Crippen LogP contribution in [0.1, 0.15) is 58.1 Å². The van der Waals surface area contributed by atoms with Gasteiger partial charge < -0.3 is 14.8 Å². The standard InChI is InChI=1S/C17H28N2O2/c1-4-19-17(8-7-15-6-5-9-20-15)14-10-16(12-18-11-14)21-13(2)3/h10-13,15,17,19H,4-9H2,1-3H3. The molecule has 0 aliphatic carbocycles. The van der Waals surface area contributed by atoms with E-state index in [9.17, 15) is 0 Å². The van der Waals surface area contributed by atoms with Crippen molar-refractivity contribution < 1.29 is 9.47 Å². The lowest BCUT2D eigenvalue weighted by atomic mass is 10.0. The Morgan fingerprint density at radius 1 is 1.43 bits per heavy atom. The molecule has 1 saturated heterocycles. The Hall–Kier alpha value is -1.13. The largest absolute Gasteiger partial charge is 0.489 e. The highest BCUT2D eigenvalue weighted by atomic mass is 16.5. The second-order valence-electron chi connectivity index (χ2n) is 5.94. The van der Waals surface area contributed by atoms with Crippen molar-refractivity contribution >= 4 is 0 Å². The first kappa shape index (κ1) is 16.2. The van der Waals surface area contributed by atoms with Gasteiger partial charge in [-0.3, -0.25) is 4.98 Å². The maximum atomic E-state index is 5.75. The Kier molecular flexibility index (Phi) is 6.46. The first-order chi connectivity index (χ1) is 10.2. The molecule has 4 heteroatoms. The Morgan fingerprint density at radius 2 is 2.29 bits per heavy atom. The third-order valence-electron chi connectivity index (χ3n) is 3.76. The number of pyridine rings is 1. The summed E-state index contributed by atoms with van der Waals surface area (Å²) in [7, 11) is 0. The lowest BCUT2D eigenvalue weighted by molar-refractivity contribution is 0.0996. The molecular weight excluding hydrogens is 264 g/mol. The predicted octanol–water partition coefficient (Wildman–Crippen LogP) is 3.48. The molecule has 1 aromatic heterocycles. The van der Waals surface area contributed by atoms with E-state index in [1.165, 1.54) is 18.4 Å². The van der Waals surface area contributed by atoms with Crippen LogP contribution in [0.4, 0.5) is 0 Å². The van der Waals surface area contributed by atoms with Crippen molar-refractivity contribution in [2.75, 3.05) is 13.2 Å². The van der Waals surface area contributed by atoms with Crippen molar-refractivity contribution in [3.05, 3.63) is 24.0 Å². The van der Waals surface area contributed by atoms with E-state index in [-0.39, 0.29) is 6.10 Å². The number of ether oxygens (including phenoxy) is 2. The highest BCUT2D eigenvalue weighted by molar-refractivity contribution is 5.26. The average molecular weight is 292 g/mol. The van der Waals surface area contributed by atoms with Gasteiger partial charge in [0.25, 0.3) is 0 Å². The van der Waals surface area contributed by atoms with E-state index >= 15 is 0 Å². The van der Waals surface area contributed by atoms with Crippen molar-refractivity contribution in [3.63, 3.8) is 0 Å². The van der Waals surface area contributed by atoms with E-state index in [4.69, 9.17) is 9.47 Å². The lowest BCUT2D eigenvalue weighted by Crippen LogP contribution is -2.22. The molecule has 4 nitrogen and oxygen atoms in total. The lowest BCUT2D eigenvalue weighted by Gasteiger charge is -2.20.